The Morgan fingerprint density at radius 3 is 2.44 bits per heavy atom. The van der Waals surface area contributed by atoms with Gasteiger partial charge in [0.05, 0.1) is 25.6 Å². The van der Waals surface area contributed by atoms with Crippen LogP contribution in [-0.4, -0.2) is 38.3 Å². The quantitative estimate of drug-likeness (QED) is 0.582. The van der Waals surface area contributed by atoms with Crippen molar-refractivity contribution in [2.45, 2.75) is 6.92 Å². The van der Waals surface area contributed by atoms with E-state index in [1.165, 1.54) is 0 Å². The van der Waals surface area contributed by atoms with Crippen LogP contribution in [0.25, 0.3) is 28.2 Å². The monoisotopic (exact) mass is 362 g/mol. The number of aromatic nitrogens is 5. The molecule has 0 radical (unpaired) electrons. The summed E-state index contributed by atoms with van der Waals surface area (Å²) < 4.78 is 12.3. The molecule has 0 amide bonds. The lowest BCUT2D eigenvalue weighted by Crippen LogP contribution is -2.00. The summed E-state index contributed by atoms with van der Waals surface area (Å²) in [5.74, 6) is 1.52. The molecule has 4 rings (SSSR count). The maximum Gasteiger partial charge on any atom is 0.240 e. The Balaban J connectivity index is 1.82. The van der Waals surface area contributed by atoms with Crippen LogP contribution < -0.4 is 15.2 Å². The third-order valence-corrected chi connectivity index (χ3v) is 4.06. The van der Waals surface area contributed by atoms with Gasteiger partial charge in [-0.1, -0.05) is 0 Å². The lowest BCUT2D eigenvalue weighted by Gasteiger charge is -2.09. The van der Waals surface area contributed by atoms with E-state index in [0.29, 0.717) is 23.8 Å². The van der Waals surface area contributed by atoms with Gasteiger partial charge in [-0.3, -0.25) is 0 Å². The molecule has 0 fully saturated rings. The molecule has 0 atom stereocenters. The van der Waals surface area contributed by atoms with Gasteiger partial charge in [-0.2, -0.15) is 4.98 Å². The molecule has 0 aliphatic carbocycles. The number of ether oxygens (including phenoxy) is 2. The zero-order valence-corrected chi connectivity index (χ0v) is 15.0. The lowest BCUT2D eigenvalue weighted by atomic mass is 10.1. The summed E-state index contributed by atoms with van der Waals surface area (Å²) in [6.45, 7) is 2.57. The molecule has 3 aromatic heterocycles. The van der Waals surface area contributed by atoms with Crippen molar-refractivity contribution in [1.82, 2.24) is 24.6 Å². The Morgan fingerprint density at radius 2 is 1.78 bits per heavy atom. The number of benzene rings is 1. The molecule has 0 bridgehead atoms. The van der Waals surface area contributed by atoms with E-state index in [1.807, 2.05) is 37.3 Å². The highest BCUT2D eigenvalue weighted by Crippen LogP contribution is 2.28. The first kappa shape index (κ1) is 16.8. The van der Waals surface area contributed by atoms with E-state index < -0.39 is 0 Å². The first-order valence-corrected chi connectivity index (χ1v) is 8.44. The SMILES string of the molecule is CCOc1ccc(-c2cnc(-c3ccc(OC)nc3)c3nc(N)nn23)cc1. The zero-order valence-electron chi connectivity index (χ0n) is 15.0. The van der Waals surface area contributed by atoms with Crippen molar-refractivity contribution in [3.05, 3.63) is 48.8 Å². The highest BCUT2D eigenvalue weighted by Gasteiger charge is 2.15. The third kappa shape index (κ3) is 3.12. The topological polar surface area (TPSA) is 100 Å². The maximum absolute atomic E-state index is 5.87. The van der Waals surface area contributed by atoms with E-state index in [4.69, 9.17) is 15.2 Å². The Morgan fingerprint density at radius 1 is 1.00 bits per heavy atom. The van der Waals surface area contributed by atoms with Gasteiger partial charge in [-0.05, 0) is 37.3 Å². The van der Waals surface area contributed by atoms with E-state index in [9.17, 15) is 0 Å². The minimum absolute atomic E-state index is 0.179. The number of hydrogen-bond donors (Lipinski definition) is 1. The van der Waals surface area contributed by atoms with Crippen LogP contribution in [0.5, 0.6) is 11.6 Å². The maximum atomic E-state index is 5.87. The van der Waals surface area contributed by atoms with Gasteiger partial charge in [0.25, 0.3) is 0 Å². The lowest BCUT2D eigenvalue weighted by molar-refractivity contribution is 0.340. The number of hydrogen-bond acceptors (Lipinski definition) is 7. The molecule has 8 nitrogen and oxygen atoms in total. The Hall–Kier alpha value is -3.68. The number of nitrogen functional groups attached to an aromatic ring is 1. The van der Waals surface area contributed by atoms with E-state index >= 15 is 0 Å². The zero-order chi connectivity index (χ0) is 18.8. The number of rotatable bonds is 5. The normalized spacial score (nSPS) is 10.9. The van der Waals surface area contributed by atoms with Crippen molar-refractivity contribution < 1.29 is 9.47 Å². The molecule has 0 spiro atoms. The number of anilines is 1. The van der Waals surface area contributed by atoms with Crippen LogP contribution in [0.1, 0.15) is 6.92 Å². The van der Waals surface area contributed by atoms with Crippen molar-refractivity contribution in [2.75, 3.05) is 19.5 Å². The summed E-state index contributed by atoms with van der Waals surface area (Å²) >= 11 is 0. The predicted octanol–water partition coefficient (Wildman–Crippen LogP) is 2.84. The van der Waals surface area contributed by atoms with Crippen molar-refractivity contribution in [2.24, 2.45) is 0 Å². The summed E-state index contributed by atoms with van der Waals surface area (Å²) in [4.78, 5) is 13.2. The van der Waals surface area contributed by atoms with Gasteiger partial charge in [0.1, 0.15) is 11.4 Å². The number of methoxy groups -OCH3 is 1. The molecular weight excluding hydrogens is 344 g/mol. The Labute approximate surface area is 155 Å². The van der Waals surface area contributed by atoms with Gasteiger partial charge < -0.3 is 15.2 Å². The highest BCUT2D eigenvalue weighted by atomic mass is 16.5. The first-order valence-electron chi connectivity index (χ1n) is 8.44. The number of nitrogens with two attached hydrogens (primary N) is 1. The predicted molar refractivity (Wildman–Crippen MR) is 102 cm³/mol. The molecule has 0 aliphatic rings. The number of fused-ring (bicyclic) bond motifs is 1. The number of nitrogens with zero attached hydrogens (tertiary/aromatic N) is 5. The van der Waals surface area contributed by atoms with E-state index in [1.54, 1.807) is 30.1 Å². The molecule has 136 valence electrons. The second-order valence-electron chi connectivity index (χ2n) is 5.74. The largest absolute Gasteiger partial charge is 0.494 e. The van der Waals surface area contributed by atoms with E-state index in [0.717, 1.165) is 22.6 Å². The van der Waals surface area contributed by atoms with Crippen LogP contribution in [-0.2, 0) is 0 Å². The molecule has 0 unspecified atom stereocenters. The van der Waals surface area contributed by atoms with Gasteiger partial charge in [-0.25, -0.2) is 14.5 Å². The fraction of sp³-hybridized carbons (Fsp3) is 0.158. The molecule has 0 saturated carbocycles. The molecular formula is C19H18N6O2. The minimum atomic E-state index is 0.179. The molecule has 8 heteroatoms. The van der Waals surface area contributed by atoms with Crippen molar-refractivity contribution in [3.8, 4) is 34.1 Å². The Kier molecular flexibility index (Phi) is 4.29. The third-order valence-electron chi connectivity index (χ3n) is 4.06. The van der Waals surface area contributed by atoms with Crippen molar-refractivity contribution >= 4 is 11.6 Å². The summed E-state index contributed by atoms with van der Waals surface area (Å²) in [5.41, 5.74) is 9.58. The van der Waals surface area contributed by atoms with Gasteiger partial charge >= 0.3 is 0 Å². The molecule has 1 aromatic carbocycles. The van der Waals surface area contributed by atoms with Crippen LogP contribution in [0, 0.1) is 0 Å². The van der Waals surface area contributed by atoms with Crippen LogP contribution in [0.4, 0.5) is 5.95 Å². The molecule has 0 saturated heterocycles. The van der Waals surface area contributed by atoms with Crippen molar-refractivity contribution in [3.63, 3.8) is 0 Å². The van der Waals surface area contributed by atoms with Gasteiger partial charge in [-0.15, -0.1) is 5.10 Å². The smallest absolute Gasteiger partial charge is 0.240 e. The molecule has 27 heavy (non-hydrogen) atoms. The summed E-state index contributed by atoms with van der Waals surface area (Å²) in [6, 6.07) is 11.4. The fourth-order valence-electron chi connectivity index (χ4n) is 2.82. The standard InChI is InChI=1S/C19H18N6O2/c1-3-27-14-7-4-12(5-8-14)15-11-22-17(18-23-19(20)24-25(15)18)13-6-9-16(26-2)21-10-13/h4-11H,3H2,1-2H3,(H2,20,24). The van der Waals surface area contributed by atoms with Gasteiger partial charge in [0, 0.05) is 23.4 Å². The van der Waals surface area contributed by atoms with Crippen LogP contribution >= 0.6 is 0 Å². The van der Waals surface area contributed by atoms with Crippen molar-refractivity contribution in [1.29, 1.82) is 0 Å². The first-order chi connectivity index (χ1) is 13.2. The van der Waals surface area contributed by atoms with Crippen LogP contribution in [0.15, 0.2) is 48.8 Å². The second kappa shape index (κ2) is 6.91. The average molecular weight is 362 g/mol. The average Bonchev–Trinajstić information content (AvgIpc) is 3.09. The van der Waals surface area contributed by atoms with E-state index in [-0.39, 0.29) is 5.95 Å². The van der Waals surface area contributed by atoms with Gasteiger partial charge in [0.2, 0.25) is 11.8 Å². The fourth-order valence-corrected chi connectivity index (χ4v) is 2.82. The molecule has 4 aromatic rings. The summed E-state index contributed by atoms with van der Waals surface area (Å²) in [7, 11) is 1.57. The second-order valence-corrected chi connectivity index (χ2v) is 5.74. The van der Waals surface area contributed by atoms with Crippen LogP contribution in [0.2, 0.25) is 0 Å². The number of pyridine rings is 1. The molecule has 0 aliphatic heterocycles. The van der Waals surface area contributed by atoms with E-state index in [2.05, 4.69) is 20.1 Å². The summed E-state index contributed by atoms with van der Waals surface area (Å²) in [6.07, 6.45) is 3.43. The highest BCUT2D eigenvalue weighted by molar-refractivity contribution is 5.77. The molecule has 3 heterocycles. The minimum Gasteiger partial charge on any atom is -0.494 e. The van der Waals surface area contributed by atoms with Gasteiger partial charge in [0.15, 0.2) is 5.65 Å². The summed E-state index contributed by atoms with van der Waals surface area (Å²) in [5, 5.41) is 4.34. The Bertz CT molecular complexity index is 1070. The van der Waals surface area contributed by atoms with Crippen LogP contribution in [0.3, 0.4) is 0 Å². The molecule has 2 N–H and O–H groups in total.